The zero-order chi connectivity index (χ0) is 12.5. The Kier molecular flexibility index (Phi) is 3.06. The Hall–Kier alpha value is -1.38. The van der Waals surface area contributed by atoms with E-state index in [0.29, 0.717) is 0 Å². The zero-order valence-electron chi connectivity index (χ0n) is 10.1. The normalized spacial score (nSPS) is 17.4. The van der Waals surface area contributed by atoms with Crippen LogP contribution in [0.5, 0.6) is 0 Å². The van der Waals surface area contributed by atoms with Gasteiger partial charge in [0.15, 0.2) is 0 Å². The van der Waals surface area contributed by atoms with Crippen molar-refractivity contribution in [3.8, 4) is 11.1 Å². The van der Waals surface area contributed by atoms with E-state index in [9.17, 15) is 0 Å². The van der Waals surface area contributed by atoms with Gasteiger partial charge in [-0.25, -0.2) is 0 Å². The van der Waals surface area contributed by atoms with Gasteiger partial charge in [-0.1, -0.05) is 64.5 Å². The lowest BCUT2D eigenvalue weighted by Gasteiger charge is -2.16. The standard InChI is InChI=1S/C16H13BrO/c1-18-16-14-9-5-4-8-13(14)12-7-3-2-6-11(12)10-15(16)17/h2-10,16H,1H3. The molecule has 0 N–H and O–H groups in total. The molecule has 90 valence electrons. The molecule has 0 bridgehead atoms. The Balaban J connectivity index is 2.34. The third-order valence-electron chi connectivity index (χ3n) is 3.27. The third-order valence-corrected chi connectivity index (χ3v) is 3.92. The van der Waals surface area contributed by atoms with Gasteiger partial charge in [-0.3, -0.25) is 0 Å². The predicted octanol–water partition coefficient (Wildman–Crippen LogP) is 4.79. The van der Waals surface area contributed by atoms with Crippen molar-refractivity contribution < 1.29 is 4.74 Å². The van der Waals surface area contributed by atoms with Crippen molar-refractivity contribution in [2.24, 2.45) is 0 Å². The van der Waals surface area contributed by atoms with Gasteiger partial charge in [0, 0.05) is 11.6 Å². The number of methoxy groups -OCH3 is 1. The van der Waals surface area contributed by atoms with Gasteiger partial charge in [-0.05, 0) is 28.3 Å². The van der Waals surface area contributed by atoms with Gasteiger partial charge in [-0.15, -0.1) is 0 Å². The second-order valence-electron chi connectivity index (χ2n) is 4.32. The first-order chi connectivity index (χ1) is 8.81. The summed E-state index contributed by atoms with van der Waals surface area (Å²) >= 11 is 3.64. The van der Waals surface area contributed by atoms with Crippen LogP contribution in [0.25, 0.3) is 17.2 Å². The second kappa shape index (κ2) is 4.71. The molecule has 1 unspecified atom stereocenters. The highest BCUT2D eigenvalue weighted by Gasteiger charge is 2.22. The van der Waals surface area contributed by atoms with Crippen molar-refractivity contribution in [2.75, 3.05) is 7.11 Å². The molecule has 0 fully saturated rings. The van der Waals surface area contributed by atoms with Crippen molar-refractivity contribution in [1.82, 2.24) is 0 Å². The van der Waals surface area contributed by atoms with Crippen molar-refractivity contribution in [1.29, 1.82) is 0 Å². The summed E-state index contributed by atoms with van der Waals surface area (Å²) in [7, 11) is 1.74. The van der Waals surface area contributed by atoms with Gasteiger partial charge < -0.3 is 4.74 Å². The number of rotatable bonds is 1. The van der Waals surface area contributed by atoms with E-state index < -0.39 is 0 Å². The molecule has 2 aromatic carbocycles. The summed E-state index contributed by atoms with van der Waals surface area (Å²) < 4.78 is 6.68. The van der Waals surface area contributed by atoms with E-state index in [2.05, 4.69) is 70.5 Å². The van der Waals surface area contributed by atoms with Crippen LogP contribution in [0.15, 0.2) is 53.0 Å². The Morgan fingerprint density at radius 2 is 1.61 bits per heavy atom. The van der Waals surface area contributed by atoms with E-state index >= 15 is 0 Å². The first-order valence-electron chi connectivity index (χ1n) is 5.89. The monoisotopic (exact) mass is 300 g/mol. The Morgan fingerprint density at radius 3 is 2.39 bits per heavy atom. The largest absolute Gasteiger partial charge is 0.371 e. The van der Waals surface area contributed by atoms with E-state index in [1.807, 2.05) is 0 Å². The molecule has 0 saturated carbocycles. The van der Waals surface area contributed by atoms with Crippen molar-refractivity contribution >= 4 is 22.0 Å². The Morgan fingerprint density at radius 1 is 0.944 bits per heavy atom. The number of hydrogen-bond acceptors (Lipinski definition) is 1. The zero-order valence-corrected chi connectivity index (χ0v) is 11.6. The van der Waals surface area contributed by atoms with Gasteiger partial charge in [0.2, 0.25) is 0 Å². The molecule has 2 aromatic rings. The molecule has 3 rings (SSSR count). The molecule has 2 heteroatoms. The topological polar surface area (TPSA) is 9.23 Å². The van der Waals surface area contributed by atoms with Gasteiger partial charge in [0.25, 0.3) is 0 Å². The Bertz CT molecular complexity index is 616. The van der Waals surface area contributed by atoms with Gasteiger partial charge in [0.05, 0.1) is 0 Å². The molecule has 1 nitrogen and oxygen atoms in total. The molecule has 0 aromatic heterocycles. The maximum Gasteiger partial charge on any atom is 0.114 e. The summed E-state index contributed by atoms with van der Waals surface area (Å²) in [4.78, 5) is 0. The van der Waals surface area contributed by atoms with E-state index in [0.717, 1.165) is 4.48 Å². The highest BCUT2D eigenvalue weighted by molar-refractivity contribution is 9.11. The van der Waals surface area contributed by atoms with Gasteiger partial charge >= 0.3 is 0 Å². The van der Waals surface area contributed by atoms with Crippen LogP contribution in [-0.2, 0) is 4.74 Å². The van der Waals surface area contributed by atoms with E-state index in [1.54, 1.807) is 7.11 Å². The fraction of sp³-hybridized carbons (Fsp3) is 0.125. The maximum absolute atomic E-state index is 5.63. The fourth-order valence-electron chi connectivity index (χ4n) is 2.45. The molecule has 1 atom stereocenters. The van der Waals surface area contributed by atoms with Crippen LogP contribution in [0, 0.1) is 0 Å². The predicted molar refractivity (Wildman–Crippen MR) is 78.5 cm³/mol. The minimum atomic E-state index is -0.0337. The summed E-state index contributed by atoms with van der Waals surface area (Å²) in [5.41, 5.74) is 4.92. The minimum absolute atomic E-state index is 0.0337. The molecule has 0 aliphatic heterocycles. The van der Waals surface area contributed by atoms with E-state index in [1.165, 1.54) is 22.3 Å². The van der Waals surface area contributed by atoms with Crippen LogP contribution < -0.4 is 0 Å². The van der Waals surface area contributed by atoms with Crippen molar-refractivity contribution in [3.63, 3.8) is 0 Å². The van der Waals surface area contributed by atoms with Crippen LogP contribution in [0.2, 0.25) is 0 Å². The fourth-order valence-corrected chi connectivity index (χ4v) is 3.13. The number of ether oxygens (including phenoxy) is 1. The number of hydrogen-bond donors (Lipinski definition) is 0. The molecule has 0 radical (unpaired) electrons. The number of halogens is 1. The van der Waals surface area contributed by atoms with Crippen LogP contribution in [0.3, 0.4) is 0 Å². The van der Waals surface area contributed by atoms with E-state index in [-0.39, 0.29) is 6.10 Å². The van der Waals surface area contributed by atoms with Gasteiger partial charge in [0.1, 0.15) is 6.10 Å². The molecule has 0 spiro atoms. The average molecular weight is 301 g/mol. The smallest absolute Gasteiger partial charge is 0.114 e. The van der Waals surface area contributed by atoms with Crippen molar-refractivity contribution in [3.05, 3.63) is 64.1 Å². The second-order valence-corrected chi connectivity index (χ2v) is 5.24. The third kappa shape index (κ3) is 1.82. The molecule has 0 heterocycles. The average Bonchev–Trinajstić information content (AvgIpc) is 2.52. The van der Waals surface area contributed by atoms with Crippen LogP contribution in [0.1, 0.15) is 17.2 Å². The highest BCUT2D eigenvalue weighted by Crippen LogP contribution is 2.41. The lowest BCUT2D eigenvalue weighted by atomic mass is 9.96. The van der Waals surface area contributed by atoms with Crippen LogP contribution in [0.4, 0.5) is 0 Å². The first kappa shape index (κ1) is 11.7. The lowest BCUT2D eigenvalue weighted by molar-refractivity contribution is 0.141. The number of fused-ring (bicyclic) bond motifs is 3. The minimum Gasteiger partial charge on any atom is -0.371 e. The molecule has 0 amide bonds. The molecular weight excluding hydrogens is 288 g/mol. The SMILES string of the molecule is COC1C(Br)=Cc2ccccc2-c2ccccc21. The van der Waals surface area contributed by atoms with Crippen LogP contribution in [-0.4, -0.2) is 7.11 Å². The summed E-state index contributed by atoms with van der Waals surface area (Å²) in [5, 5.41) is 0. The summed E-state index contributed by atoms with van der Waals surface area (Å²) in [6, 6.07) is 16.8. The molecule has 0 saturated heterocycles. The maximum atomic E-state index is 5.63. The first-order valence-corrected chi connectivity index (χ1v) is 6.69. The molecule has 1 aliphatic carbocycles. The van der Waals surface area contributed by atoms with E-state index in [4.69, 9.17) is 4.74 Å². The van der Waals surface area contributed by atoms with Gasteiger partial charge in [-0.2, -0.15) is 0 Å². The molecular formula is C16H13BrO. The highest BCUT2D eigenvalue weighted by atomic mass is 79.9. The summed E-state index contributed by atoms with van der Waals surface area (Å²) in [6.07, 6.45) is 2.11. The summed E-state index contributed by atoms with van der Waals surface area (Å²) in [6.45, 7) is 0. The van der Waals surface area contributed by atoms with Crippen molar-refractivity contribution in [2.45, 2.75) is 6.10 Å². The van der Waals surface area contributed by atoms with Crippen LogP contribution >= 0.6 is 15.9 Å². The quantitative estimate of drug-likeness (QED) is 0.736. The molecule has 1 aliphatic rings. The number of benzene rings is 2. The molecule has 18 heavy (non-hydrogen) atoms. The summed E-state index contributed by atoms with van der Waals surface area (Å²) in [5.74, 6) is 0. The Labute approximate surface area is 115 Å². The lowest BCUT2D eigenvalue weighted by Crippen LogP contribution is -2.01.